The van der Waals surface area contributed by atoms with Crippen molar-refractivity contribution >= 4 is 23.2 Å². The molecule has 25 heavy (non-hydrogen) atoms. The molecule has 5 N–H and O–H groups in total. The largest absolute Gasteiger partial charge is 0.495 e. The molecule has 6 heteroatoms. The fourth-order valence-electron chi connectivity index (χ4n) is 3.03. The van der Waals surface area contributed by atoms with Crippen LogP contribution in [0.15, 0.2) is 30.3 Å². The molecule has 0 saturated heterocycles. The van der Waals surface area contributed by atoms with Gasteiger partial charge in [-0.25, -0.2) is 0 Å². The first-order valence-corrected chi connectivity index (χ1v) is 8.64. The molecule has 0 radical (unpaired) electrons. The summed E-state index contributed by atoms with van der Waals surface area (Å²) < 4.78 is 5.11. The number of carbonyl (C=O) groups is 1. The van der Waals surface area contributed by atoms with E-state index < -0.39 is 0 Å². The molecule has 2 aromatic rings. The van der Waals surface area contributed by atoms with Crippen molar-refractivity contribution in [1.29, 1.82) is 0 Å². The molecule has 0 aromatic heterocycles. The Labute approximate surface area is 152 Å². The fourth-order valence-corrected chi connectivity index (χ4v) is 3.29. The van der Waals surface area contributed by atoms with Crippen molar-refractivity contribution in [1.82, 2.24) is 5.32 Å². The second-order valence-electron chi connectivity index (χ2n) is 6.21. The lowest BCUT2D eigenvalue weighted by Gasteiger charge is -2.17. The predicted molar refractivity (Wildman–Crippen MR) is 99.9 cm³/mol. The normalized spacial score (nSPS) is 13.6. The van der Waals surface area contributed by atoms with Gasteiger partial charge in [0, 0.05) is 24.3 Å². The Bertz CT molecular complexity index is 803. The number of halogens is 1. The van der Waals surface area contributed by atoms with Crippen molar-refractivity contribution in [3.63, 3.8) is 0 Å². The van der Waals surface area contributed by atoms with E-state index in [1.165, 1.54) is 25.5 Å². The quantitative estimate of drug-likeness (QED) is 0.691. The topological polar surface area (TPSA) is 90.4 Å². The van der Waals surface area contributed by atoms with Gasteiger partial charge in [0.25, 0.3) is 5.91 Å². The van der Waals surface area contributed by atoms with Crippen molar-refractivity contribution in [3.05, 3.63) is 57.6 Å². The maximum absolute atomic E-state index is 12.5. The third kappa shape index (κ3) is 3.72. The molecule has 3 rings (SSSR count). The Hall–Kier alpha value is -2.24. The van der Waals surface area contributed by atoms with E-state index in [9.17, 15) is 4.79 Å². The summed E-state index contributed by atoms with van der Waals surface area (Å²) in [6, 6.07) is 8.92. The highest BCUT2D eigenvalue weighted by molar-refractivity contribution is 6.32. The highest BCUT2D eigenvalue weighted by atomic mass is 35.5. The molecule has 132 valence electrons. The zero-order chi connectivity index (χ0) is 18.0. The van der Waals surface area contributed by atoms with E-state index >= 15 is 0 Å². The van der Waals surface area contributed by atoms with Crippen LogP contribution in [0, 0.1) is 0 Å². The number of hydrogen-bond donors (Lipinski definition) is 3. The van der Waals surface area contributed by atoms with E-state index in [2.05, 4.69) is 11.4 Å². The number of amides is 1. The van der Waals surface area contributed by atoms with Gasteiger partial charge in [-0.3, -0.25) is 4.79 Å². The molecular formula is C19H22ClN3O2. The zero-order valence-electron chi connectivity index (χ0n) is 14.1. The minimum atomic E-state index is -0.198. The number of methoxy groups -OCH3 is 1. The first-order valence-electron chi connectivity index (χ1n) is 8.27. The SMILES string of the molecule is COc1ccc(C(=O)NCc2c(C3CC3)ccc(N)c2CN)cc1Cl. The van der Waals surface area contributed by atoms with Gasteiger partial charge in [-0.05, 0) is 59.7 Å². The molecule has 0 unspecified atom stereocenters. The summed E-state index contributed by atoms with van der Waals surface area (Å²) >= 11 is 6.10. The highest BCUT2D eigenvalue weighted by Crippen LogP contribution is 2.43. The molecular weight excluding hydrogens is 338 g/mol. The van der Waals surface area contributed by atoms with E-state index in [1.54, 1.807) is 18.2 Å². The van der Waals surface area contributed by atoms with Crippen LogP contribution >= 0.6 is 11.6 Å². The second kappa shape index (κ2) is 7.33. The fraction of sp³-hybridized carbons (Fsp3) is 0.316. The summed E-state index contributed by atoms with van der Waals surface area (Å²) in [5.41, 5.74) is 16.3. The second-order valence-corrected chi connectivity index (χ2v) is 6.62. The number of rotatable bonds is 6. The number of nitrogens with two attached hydrogens (primary N) is 2. The van der Waals surface area contributed by atoms with Crippen LogP contribution in [0.25, 0.3) is 0 Å². The summed E-state index contributed by atoms with van der Waals surface area (Å²) in [6.07, 6.45) is 2.34. The van der Waals surface area contributed by atoms with Gasteiger partial charge in [-0.1, -0.05) is 17.7 Å². The Morgan fingerprint density at radius 2 is 2.04 bits per heavy atom. The van der Waals surface area contributed by atoms with E-state index in [4.69, 9.17) is 27.8 Å². The molecule has 1 amide bonds. The number of ether oxygens (including phenoxy) is 1. The van der Waals surface area contributed by atoms with Crippen molar-refractivity contribution in [2.75, 3.05) is 12.8 Å². The number of nitrogen functional groups attached to an aromatic ring is 1. The summed E-state index contributed by atoms with van der Waals surface area (Å²) in [4.78, 5) is 12.5. The van der Waals surface area contributed by atoms with Gasteiger partial charge in [0.2, 0.25) is 0 Å². The first kappa shape index (κ1) is 17.6. The van der Waals surface area contributed by atoms with Crippen LogP contribution < -0.4 is 21.5 Å². The van der Waals surface area contributed by atoms with Crippen LogP contribution in [0.1, 0.15) is 45.8 Å². The number of anilines is 1. The van der Waals surface area contributed by atoms with Crippen LogP contribution in [0.2, 0.25) is 5.02 Å². The summed E-state index contributed by atoms with van der Waals surface area (Å²) in [6.45, 7) is 0.748. The Morgan fingerprint density at radius 3 is 2.64 bits per heavy atom. The summed E-state index contributed by atoms with van der Waals surface area (Å²) in [7, 11) is 1.54. The maximum Gasteiger partial charge on any atom is 0.251 e. The molecule has 2 aromatic carbocycles. The van der Waals surface area contributed by atoms with Gasteiger partial charge in [-0.15, -0.1) is 0 Å². The van der Waals surface area contributed by atoms with Crippen LogP contribution in [0.4, 0.5) is 5.69 Å². The summed E-state index contributed by atoms with van der Waals surface area (Å²) in [5, 5.41) is 3.36. The Morgan fingerprint density at radius 1 is 1.28 bits per heavy atom. The van der Waals surface area contributed by atoms with Gasteiger partial charge < -0.3 is 21.5 Å². The first-order chi connectivity index (χ1) is 12.0. The third-order valence-electron chi connectivity index (χ3n) is 4.56. The number of nitrogens with one attached hydrogen (secondary N) is 1. The lowest BCUT2D eigenvalue weighted by atomic mass is 9.96. The average Bonchev–Trinajstić information content (AvgIpc) is 3.44. The van der Waals surface area contributed by atoms with Crippen molar-refractivity contribution in [3.8, 4) is 5.75 Å². The molecule has 0 bridgehead atoms. The molecule has 1 aliphatic rings. The third-order valence-corrected chi connectivity index (χ3v) is 4.86. The average molecular weight is 360 g/mol. The molecule has 1 fully saturated rings. The minimum absolute atomic E-state index is 0.198. The molecule has 1 aliphatic carbocycles. The van der Waals surface area contributed by atoms with Crippen LogP contribution in [0.5, 0.6) is 5.75 Å². The van der Waals surface area contributed by atoms with Crippen LogP contribution in [0.3, 0.4) is 0 Å². The van der Waals surface area contributed by atoms with E-state index in [1.807, 2.05) is 6.07 Å². The smallest absolute Gasteiger partial charge is 0.251 e. The van der Waals surface area contributed by atoms with E-state index in [0.717, 1.165) is 11.1 Å². The Balaban J connectivity index is 1.80. The van der Waals surface area contributed by atoms with Gasteiger partial charge in [-0.2, -0.15) is 0 Å². The number of carbonyl (C=O) groups excluding carboxylic acids is 1. The summed E-state index contributed by atoms with van der Waals surface area (Å²) in [5.74, 6) is 0.889. The van der Waals surface area contributed by atoms with Crippen molar-refractivity contribution in [2.24, 2.45) is 5.73 Å². The van der Waals surface area contributed by atoms with Crippen LogP contribution in [-0.4, -0.2) is 13.0 Å². The van der Waals surface area contributed by atoms with Crippen molar-refractivity contribution in [2.45, 2.75) is 31.8 Å². The van der Waals surface area contributed by atoms with E-state index in [0.29, 0.717) is 41.0 Å². The van der Waals surface area contributed by atoms with Gasteiger partial charge in [0.15, 0.2) is 0 Å². The lowest BCUT2D eigenvalue weighted by Crippen LogP contribution is -2.25. The molecule has 1 saturated carbocycles. The van der Waals surface area contributed by atoms with Crippen LogP contribution in [-0.2, 0) is 13.1 Å². The molecule has 0 spiro atoms. The van der Waals surface area contributed by atoms with Gasteiger partial charge in [0.05, 0.1) is 12.1 Å². The molecule has 0 heterocycles. The minimum Gasteiger partial charge on any atom is -0.495 e. The molecule has 0 aliphatic heterocycles. The zero-order valence-corrected chi connectivity index (χ0v) is 14.9. The highest BCUT2D eigenvalue weighted by Gasteiger charge is 2.27. The maximum atomic E-state index is 12.5. The number of hydrogen-bond acceptors (Lipinski definition) is 4. The lowest BCUT2D eigenvalue weighted by molar-refractivity contribution is 0.0950. The van der Waals surface area contributed by atoms with Gasteiger partial charge in [0.1, 0.15) is 5.75 Å². The predicted octanol–water partition coefficient (Wildman–Crippen LogP) is 3.20. The monoisotopic (exact) mass is 359 g/mol. The molecule has 0 atom stereocenters. The Kier molecular flexibility index (Phi) is 5.16. The number of benzene rings is 2. The molecule has 5 nitrogen and oxygen atoms in total. The van der Waals surface area contributed by atoms with E-state index in [-0.39, 0.29) is 5.91 Å². The van der Waals surface area contributed by atoms with Crippen molar-refractivity contribution < 1.29 is 9.53 Å². The van der Waals surface area contributed by atoms with Gasteiger partial charge >= 0.3 is 0 Å². The standard InChI is InChI=1S/C19H22ClN3O2/c1-25-18-7-4-12(8-16(18)20)19(24)23-10-15-13(11-2-3-11)5-6-17(22)14(15)9-21/h4-8,11H,2-3,9-10,21-22H2,1H3,(H,23,24).